The number of hydrogen-bond donors (Lipinski definition) is 1. The summed E-state index contributed by atoms with van der Waals surface area (Å²) in [4.78, 5) is 0. The van der Waals surface area contributed by atoms with Gasteiger partial charge in [0.25, 0.3) is 0 Å². The highest BCUT2D eigenvalue weighted by Gasteiger charge is 2.36. The summed E-state index contributed by atoms with van der Waals surface area (Å²) in [7, 11) is -3.94. The fourth-order valence-corrected chi connectivity index (χ4v) is 6.54. The third-order valence-electron chi connectivity index (χ3n) is 5.01. The molecule has 1 unspecified atom stereocenters. The molecule has 0 fully saturated rings. The van der Waals surface area contributed by atoms with Crippen LogP contribution in [0.2, 0.25) is 20.1 Å². The highest BCUT2D eigenvalue weighted by atomic mass is 35.5. The fourth-order valence-electron chi connectivity index (χ4n) is 3.33. The Morgan fingerprint density at radius 3 is 1.79 bits per heavy atom. The van der Waals surface area contributed by atoms with E-state index in [1.807, 2.05) is 60.7 Å². The zero-order valence-electron chi connectivity index (χ0n) is 17.5. The quantitative estimate of drug-likeness (QED) is 0.113. The van der Waals surface area contributed by atoms with Gasteiger partial charge in [0.15, 0.2) is 11.5 Å². The van der Waals surface area contributed by atoms with E-state index in [9.17, 15) is 9.67 Å². The molecule has 3 nitrogen and oxygen atoms in total. The molecule has 0 bridgehead atoms. The van der Waals surface area contributed by atoms with Crippen LogP contribution in [0.15, 0.2) is 91.0 Å². The van der Waals surface area contributed by atoms with Crippen LogP contribution in [0, 0.1) is 0 Å². The summed E-state index contributed by atoms with van der Waals surface area (Å²) < 4.78 is 21.1. The first-order valence-electron chi connectivity index (χ1n) is 10.1. The molecule has 4 aromatic rings. The zero-order chi connectivity index (χ0) is 24.3. The first kappa shape index (κ1) is 24.7. The predicted molar refractivity (Wildman–Crippen MR) is 143 cm³/mol. The monoisotopic (exact) mass is 548 g/mol. The Kier molecular flexibility index (Phi) is 7.62. The van der Waals surface area contributed by atoms with E-state index in [4.69, 9.17) is 50.9 Å². The fraction of sp³-hybridized carbons (Fsp3) is 0. The Morgan fingerprint density at radius 1 is 0.706 bits per heavy atom. The number of aromatic hydroxyl groups is 1. The van der Waals surface area contributed by atoms with Gasteiger partial charge in [0.2, 0.25) is 0 Å². The average molecular weight is 550 g/mol. The topological polar surface area (TPSA) is 46.5 Å². The molecule has 0 saturated heterocycles. The molecule has 34 heavy (non-hydrogen) atoms. The van der Waals surface area contributed by atoms with Crippen molar-refractivity contribution in [3.8, 4) is 11.5 Å². The Bertz CT molecular complexity index is 1360. The maximum Gasteiger partial charge on any atom is 0.307 e. The first-order chi connectivity index (χ1) is 16.3. The molecule has 0 aliphatic rings. The summed E-state index contributed by atoms with van der Waals surface area (Å²) in [6, 6.07) is 27.3. The molecule has 1 atom stereocenters. The number of rotatable bonds is 6. The minimum absolute atomic E-state index is 0.117. The van der Waals surface area contributed by atoms with Crippen LogP contribution in [0.1, 0.15) is 11.1 Å². The van der Waals surface area contributed by atoms with Crippen molar-refractivity contribution in [3.05, 3.63) is 122 Å². The van der Waals surface area contributed by atoms with Gasteiger partial charge in [-0.1, -0.05) is 125 Å². The lowest BCUT2D eigenvalue weighted by molar-refractivity contribution is 0.435. The lowest BCUT2D eigenvalue weighted by Gasteiger charge is -2.25. The highest BCUT2D eigenvalue weighted by molar-refractivity contribution is 7.77. The van der Waals surface area contributed by atoms with Gasteiger partial charge >= 0.3 is 7.37 Å². The van der Waals surface area contributed by atoms with Gasteiger partial charge in [0, 0.05) is 0 Å². The van der Waals surface area contributed by atoms with Crippen molar-refractivity contribution in [2.75, 3.05) is 0 Å². The average Bonchev–Trinajstić information content (AvgIpc) is 2.89. The van der Waals surface area contributed by atoms with E-state index in [1.54, 1.807) is 36.4 Å². The second-order valence-corrected chi connectivity index (χ2v) is 11.0. The maximum absolute atomic E-state index is 14.9. The molecular formula is C26H17Cl4O3P. The van der Waals surface area contributed by atoms with Crippen LogP contribution in [-0.4, -0.2) is 5.11 Å². The Balaban J connectivity index is 2.01. The summed E-state index contributed by atoms with van der Waals surface area (Å²) in [6.45, 7) is 0. The molecule has 0 aliphatic heterocycles. The standard InChI is InChI=1S/C26H17Cl4O3P/c27-21-22(28)24(30)26(25(31)23(21)29)33-34(32,19-14-8-3-9-15-19)20(18-12-6-2-7-13-18)16-17-10-4-1-5-11-17/h1-16,31H/b20-16+. The van der Waals surface area contributed by atoms with Crippen LogP contribution in [0.4, 0.5) is 0 Å². The second kappa shape index (κ2) is 10.5. The van der Waals surface area contributed by atoms with Gasteiger partial charge in [-0.2, -0.15) is 0 Å². The van der Waals surface area contributed by atoms with Gasteiger partial charge in [0.05, 0.1) is 20.7 Å². The van der Waals surface area contributed by atoms with Crippen molar-refractivity contribution >= 4 is 70.5 Å². The van der Waals surface area contributed by atoms with E-state index < -0.39 is 13.1 Å². The Morgan fingerprint density at radius 2 is 1.21 bits per heavy atom. The number of halogens is 4. The minimum Gasteiger partial charge on any atom is -0.503 e. The summed E-state index contributed by atoms with van der Waals surface area (Å²) in [5.74, 6) is -0.868. The van der Waals surface area contributed by atoms with Gasteiger partial charge in [-0.3, -0.25) is 4.57 Å². The van der Waals surface area contributed by atoms with Crippen molar-refractivity contribution in [1.82, 2.24) is 0 Å². The van der Waals surface area contributed by atoms with Gasteiger partial charge in [-0.05, 0) is 29.3 Å². The van der Waals surface area contributed by atoms with Crippen LogP contribution in [0.25, 0.3) is 11.4 Å². The number of benzene rings is 4. The van der Waals surface area contributed by atoms with Gasteiger partial charge < -0.3 is 9.63 Å². The molecule has 0 heterocycles. The molecule has 0 spiro atoms. The van der Waals surface area contributed by atoms with Crippen molar-refractivity contribution < 1.29 is 14.2 Å². The largest absolute Gasteiger partial charge is 0.503 e. The SMILES string of the molecule is O=P(Oc1c(O)c(Cl)c(Cl)c(Cl)c1Cl)(/C(=C/c1ccccc1)c1ccccc1)c1ccccc1. The molecular weight excluding hydrogens is 533 g/mol. The van der Waals surface area contributed by atoms with E-state index in [0.717, 1.165) is 5.56 Å². The van der Waals surface area contributed by atoms with Crippen molar-refractivity contribution in [2.45, 2.75) is 0 Å². The molecule has 0 aliphatic carbocycles. The van der Waals surface area contributed by atoms with Gasteiger partial charge in [0.1, 0.15) is 10.0 Å². The van der Waals surface area contributed by atoms with Crippen LogP contribution >= 0.6 is 53.8 Å². The molecule has 4 rings (SSSR count). The third-order valence-corrected chi connectivity index (χ3v) is 9.22. The number of phenolic OH excluding ortho intramolecular Hbond substituents is 1. The minimum atomic E-state index is -3.94. The van der Waals surface area contributed by atoms with Crippen LogP contribution < -0.4 is 9.83 Å². The Labute approximate surface area is 217 Å². The Hall–Kier alpha value is -2.39. The molecule has 8 heteroatoms. The summed E-state index contributed by atoms with van der Waals surface area (Å²) in [5.41, 5.74) is 1.48. The first-order valence-corrected chi connectivity index (χ1v) is 13.2. The van der Waals surface area contributed by atoms with Gasteiger partial charge in [-0.25, -0.2) is 0 Å². The smallest absolute Gasteiger partial charge is 0.307 e. The van der Waals surface area contributed by atoms with Crippen molar-refractivity contribution in [1.29, 1.82) is 0 Å². The lowest BCUT2D eigenvalue weighted by Crippen LogP contribution is -2.11. The normalized spacial score (nSPS) is 13.4. The number of hydrogen-bond acceptors (Lipinski definition) is 3. The second-order valence-electron chi connectivity index (χ2n) is 7.22. The molecule has 4 aromatic carbocycles. The summed E-state index contributed by atoms with van der Waals surface area (Å²) in [5, 5.41) is 10.8. The van der Waals surface area contributed by atoms with Crippen LogP contribution in [0.5, 0.6) is 11.5 Å². The molecule has 172 valence electrons. The van der Waals surface area contributed by atoms with E-state index >= 15 is 0 Å². The molecule has 0 amide bonds. The van der Waals surface area contributed by atoms with E-state index in [0.29, 0.717) is 16.2 Å². The zero-order valence-corrected chi connectivity index (χ0v) is 21.4. The molecule has 0 aromatic heterocycles. The summed E-state index contributed by atoms with van der Waals surface area (Å²) in [6.07, 6.45) is 1.78. The van der Waals surface area contributed by atoms with Crippen molar-refractivity contribution in [3.63, 3.8) is 0 Å². The van der Waals surface area contributed by atoms with Gasteiger partial charge in [-0.15, -0.1) is 0 Å². The molecule has 0 saturated carbocycles. The highest BCUT2D eigenvalue weighted by Crippen LogP contribution is 2.62. The summed E-state index contributed by atoms with van der Waals surface area (Å²) >= 11 is 24.8. The molecule has 0 radical (unpaired) electrons. The third kappa shape index (κ3) is 4.86. The van der Waals surface area contributed by atoms with Crippen LogP contribution in [0.3, 0.4) is 0 Å². The predicted octanol–water partition coefficient (Wildman–Crippen LogP) is 9.19. The van der Waals surface area contributed by atoms with E-state index in [1.165, 1.54) is 0 Å². The van der Waals surface area contributed by atoms with E-state index in [2.05, 4.69) is 0 Å². The number of phenols is 1. The van der Waals surface area contributed by atoms with Crippen molar-refractivity contribution in [2.24, 2.45) is 0 Å². The lowest BCUT2D eigenvalue weighted by atomic mass is 10.1. The van der Waals surface area contributed by atoms with Crippen LogP contribution in [-0.2, 0) is 4.57 Å². The van der Waals surface area contributed by atoms with E-state index in [-0.39, 0.29) is 25.8 Å². The maximum atomic E-state index is 14.9. The molecule has 1 N–H and O–H groups in total.